The summed E-state index contributed by atoms with van der Waals surface area (Å²) < 4.78 is 0. The zero-order valence-corrected chi connectivity index (χ0v) is 9.72. The highest BCUT2D eigenvalue weighted by molar-refractivity contribution is 6.21. The first-order valence-corrected chi connectivity index (χ1v) is 5.29. The molecular weight excluding hydrogens is 208 g/mol. The fourth-order valence-electron chi connectivity index (χ4n) is 1.96. The van der Waals surface area contributed by atoms with Crippen molar-refractivity contribution in [3.05, 3.63) is 11.6 Å². The van der Waals surface area contributed by atoms with Gasteiger partial charge in [-0.3, -0.25) is 20.2 Å². The number of amides is 4. The van der Waals surface area contributed by atoms with E-state index in [1.807, 2.05) is 6.92 Å². The maximum atomic E-state index is 11.9. The van der Waals surface area contributed by atoms with E-state index in [4.69, 9.17) is 0 Å². The molecule has 2 N–H and O–H groups in total. The first-order chi connectivity index (χ1) is 7.48. The quantitative estimate of drug-likeness (QED) is 0.557. The normalized spacial score (nSPS) is 20.4. The minimum Gasteiger partial charge on any atom is -0.277 e. The summed E-state index contributed by atoms with van der Waals surface area (Å²) in [4.78, 5) is 34.8. The summed E-state index contributed by atoms with van der Waals surface area (Å²) in [5, 5.41) is 4.30. The maximum absolute atomic E-state index is 11.9. The van der Waals surface area contributed by atoms with Crippen molar-refractivity contribution in [2.24, 2.45) is 5.41 Å². The van der Waals surface area contributed by atoms with Crippen LogP contribution < -0.4 is 10.6 Å². The van der Waals surface area contributed by atoms with Crippen molar-refractivity contribution in [2.45, 2.75) is 33.6 Å². The van der Waals surface area contributed by atoms with Gasteiger partial charge in [0.1, 0.15) is 5.41 Å². The van der Waals surface area contributed by atoms with Gasteiger partial charge in [-0.1, -0.05) is 25.0 Å². The van der Waals surface area contributed by atoms with Gasteiger partial charge in [0.15, 0.2) is 0 Å². The lowest BCUT2D eigenvalue weighted by Crippen LogP contribution is -2.62. The maximum Gasteiger partial charge on any atom is 0.328 e. The minimum atomic E-state index is -1.22. The lowest BCUT2D eigenvalue weighted by molar-refractivity contribution is -0.142. The van der Waals surface area contributed by atoms with E-state index < -0.39 is 23.3 Å². The average Bonchev–Trinajstić information content (AvgIpc) is 2.22. The van der Waals surface area contributed by atoms with Gasteiger partial charge in [-0.25, -0.2) is 4.79 Å². The van der Waals surface area contributed by atoms with Crippen molar-refractivity contribution in [3.63, 3.8) is 0 Å². The van der Waals surface area contributed by atoms with E-state index >= 15 is 0 Å². The second kappa shape index (κ2) is 4.47. The number of carbonyl (C=O) groups excluding carboxylic acids is 3. The Balaban J connectivity index is 3.22. The summed E-state index contributed by atoms with van der Waals surface area (Å²) in [6.45, 7) is 5.38. The van der Waals surface area contributed by atoms with Gasteiger partial charge < -0.3 is 0 Å². The molecule has 1 rings (SSSR count). The van der Waals surface area contributed by atoms with Crippen LogP contribution in [0.4, 0.5) is 4.79 Å². The van der Waals surface area contributed by atoms with Gasteiger partial charge in [0.25, 0.3) is 0 Å². The molecule has 0 aromatic carbocycles. The summed E-state index contributed by atoms with van der Waals surface area (Å²) in [6.07, 6.45) is 2.80. The predicted octanol–water partition coefficient (Wildman–Crippen LogP) is 1.11. The van der Waals surface area contributed by atoms with E-state index in [1.165, 1.54) is 0 Å². The Morgan fingerprint density at radius 3 is 2.12 bits per heavy atom. The Morgan fingerprint density at radius 2 is 1.75 bits per heavy atom. The van der Waals surface area contributed by atoms with Crippen LogP contribution in [-0.2, 0) is 9.59 Å². The predicted molar refractivity (Wildman–Crippen MR) is 58.5 cm³/mol. The highest BCUT2D eigenvalue weighted by Crippen LogP contribution is 2.34. The number of nitrogens with one attached hydrogen (secondary N) is 2. The van der Waals surface area contributed by atoms with Gasteiger partial charge in [-0.15, -0.1) is 0 Å². The average molecular weight is 224 g/mol. The third-order valence-electron chi connectivity index (χ3n) is 2.96. The molecule has 1 heterocycles. The number of urea groups is 1. The van der Waals surface area contributed by atoms with Crippen molar-refractivity contribution in [2.75, 3.05) is 0 Å². The highest BCUT2D eigenvalue weighted by atomic mass is 16.2. The van der Waals surface area contributed by atoms with Crippen molar-refractivity contribution < 1.29 is 14.4 Å². The zero-order chi connectivity index (χ0) is 12.3. The van der Waals surface area contributed by atoms with Crippen LogP contribution in [0.1, 0.15) is 33.6 Å². The molecule has 16 heavy (non-hydrogen) atoms. The molecule has 0 aromatic heterocycles. The number of imide groups is 2. The van der Waals surface area contributed by atoms with Crippen LogP contribution in [0.3, 0.4) is 0 Å². The van der Waals surface area contributed by atoms with E-state index in [1.54, 1.807) is 19.9 Å². The molecule has 0 bridgehead atoms. The van der Waals surface area contributed by atoms with Gasteiger partial charge in [0, 0.05) is 0 Å². The Kier molecular flexibility index (Phi) is 3.47. The SMILES string of the molecule is C/C=C(\C)C1(CCC)C(=O)NC(=O)NC1=O. The Morgan fingerprint density at radius 1 is 1.25 bits per heavy atom. The zero-order valence-electron chi connectivity index (χ0n) is 9.72. The molecule has 0 aliphatic carbocycles. The fraction of sp³-hybridized carbons (Fsp3) is 0.545. The van der Waals surface area contributed by atoms with Gasteiger partial charge in [-0.05, 0) is 20.3 Å². The topological polar surface area (TPSA) is 75.3 Å². The van der Waals surface area contributed by atoms with Gasteiger partial charge in [0.2, 0.25) is 11.8 Å². The first-order valence-electron chi connectivity index (χ1n) is 5.29. The molecule has 88 valence electrons. The molecule has 0 atom stereocenters. The van der Waals surface area contributed by atoms with Gasteiger partial charge in [-0.2, -0.15) is 0 Å². The van der Waals surface area contributed by atoms with E-state index in [0.717, 1.165) is 0 Å². The van der Waals surface area contributed by atoms with Crippen LogP contribution in [-0.4, -0.2) is 17.8 Å². The summed E-state index contributed by atoms with van der Waals surface area (Å²) >= 11 is 0. The number of allylic oxidation sites excluding steroid dienone is 1. The monoisotopic (exact) mass is 224 g/mol. The third-order valence-corrected chi connectivity index (χ3v) is 2.96. The minimum absolute atomic E-state index is 0.397. The van der Waals surface area contributed by atoms with E-state index in [2.05, 4.69) is 10.6 Å². The molecule has 1 saturated heterocycles. The number of hydrogen-bond donors (Lipinski definition) is 2. The smallest absolute Gasteiger partial charge is 0.277 e. The van der Waals surface area contributed by atoms with Crippen molar-refractivity contribution >= 4 is 17.8 Å². The van der Waals surface area contributed by atoms with Gasteiger partial charge in [0.05, 0.1) is 0 Å². The Labute approximate surface area is 94.3 Å². The van der Waals surface area contributed by atoms with Gasteiger partial charge >= 0.3 is 6.03 Å². The fourth-order valence-corrected chi connectivity index (χ4v) is 1.96. The van der Waals surface area contributed by atoms with Crippen LogP contribution in [0.2, 0.25) is 0 Å². The second-order valence-corrected chi connectivity index (χ2v) is 3.86. The molecule has 1 aliphatic rings. The van der Waals surface area contributed by atoms with Crippen molar-refractivity contribution in [1.82, 2.24) is 10.6 Å². The summed E-state index contributed by atoms with van der Waals surface area (Å²) in [6, 6.07) is -0.745. The molecular formula is C11H16N2O3. The number of rotatable bonds is 3. The number of hydrogen-bond acceptors (Lipinski definition) is 3. The van der Waals surface area contributed by atoms with Crippen LogP contribution in [0, 0.1) is 5.41 Å². The molecule has 1 fully saturated rings. The molecule has 5 heteroatoms. The molecule has 1 aliphatic heterocycles. The molecule has 0 aromatic rings. The molecule has 4 amide bonds. The van der Waals surface area contributed by atoms with Crippen molar-refractivity contribution in [3.8, 4) is 0 Å². The van der Waals surface area contributed by atoms with E-state index in [9.17, 15) is 14.4 Å². The third kappa shape index (κ3) is 1.73. The molecule has 0 saturated carbocycles. The number of carbonyl (C=O) groups is 3. The van der Waals surface area contributed by atoms with E-state index in [0.29, 0.717) is 18.4 Å². The van der Waals surface area contributed by atoms with Crippen LogP contribution in [0.5, 0.6) is 0 Å². The second-order valence-electron chi connectivity index (χ2n) is 3.86. The molecule has 5 nitrogen and oxygen atoms in total. The highest BCUT2D eigenvalue weighted by Gasteiger charge is 2.50. The van der Waals surface area contributed by atoms with Crippen molar-refractivity contribution in [1.29, 1.82) is 0 Å². The summed E-state index contributed by atoms with van der Waals surface area (Å²) in [7, 11) is 0. The number of barbiturate groups is 1. The van der Waals surface area contributed by atoms with Crippen LogP contribution >= 0.6 is 0 Å². The standard InChI is InChI=1S/C11H16N2O3/c1-4-6-11(7(3)5-2)8(14)12-10(16)13-9(11)15/h5H,4,6H2,1-3H3,(H2,12,13,14,15,16)/b7-5+. The van der Waals surface area contributed by atoms with Crippen LogP contribution in [0.25, 0.3) is 0 Å². The molecule has 0 radical (unpaired) electrons. The summed E-state index contributed by atoms with van der Waals surface area (Å²) in [5.74, 6) is -1.06. The first kappa shape index (κ1) is 12.4. The Hall–Kier alpha value is -1.65. The Bertz CT molecular complexity index is 351. The largest absolute Gasteiger partial charge is 0.328 e. The van der Waals surface area contributed by atoms with E-state index in [-0.39, 0.29) is 0 Å². The molecule has 0 spiro atoms. The van der Waals surface area contributed by atoms with Crippen LogP contribution in [0.15, 0.2) is 11.6 Å². The lowest BCUT2D eigenvalue weighted by atomic mass is 9.74. The lowest BCUT2D eigenvalue weighted by Gasteiger charge is -2.34. The molecule has 0 unspecified atom stereocenters. The summed E-state index contributed by atoms with van der Waals surface area (Å²) in [5.41, 5.74) is -0.561.